The van der Waals surface area contributed by atoms with Crippen LogP contribution in [0.4, 0.5) is 10.2 Å². The van der Waals surface area contributed by atoms with Crippen LogP contribution in [0.25, 0.3) is 11.3 Å². The summed E-state index contributed by atoms with van der Waals surface area (Å²) in [6.07, 6.45) is 0. The first kappa shape index (κ1) is 14.2. The number of anilines is 1. The number of nitrogens with zero attached hydrogens (tertiary/aromatic N) is 3. The van der Waals surface area contributed by atoms with Gasteiger partial charge in [0.1, 0.15) is 17.3 Å². The SMILES string of the molecule is Cc1cc(CNc2nnc(-c3cccc(F)c3)cc2C)no1. The van der Waals surface area contributed by atoms with Gasteiger partial charge in [0.05, 0.1) is 12.2 Å². The quantitative estimate of drug-likeness (QED) is 0.798. The lowest BCUT2D eigenvalue weighted by molar-refractivity contribution is 0.391. The third kappa shape index (κ3) is 3.11. The highest BCUT2D eigenvalue weighted by atomic mass is 19.1. The molecule has 3 rings (SSSR count). The van der Waals surface area contributed by atoms with E-state index < -0.39 is 0 Å². The van der Waals surface area contributed by atoms with Crippen molar-refractivity contribution in [2.75, 3.05) is 5.32 Å². The van der Waals surface area contributed by atoms with Crippen LogP contribution in [0.5, 0.6) is 0 Å². The van der Waals surface area contributed by atoms with Crippen molar-refractivity contribution in [2.24, 2.45) is 0 Å². The molecule has 0 bridgehead atoms. The van der Waals surface area contributed by atoms with Gasteiger partial charge in [-0.2, -0.15) is 0 Å². The fraction of sp³-hybridized carbons (Fsp3) is 0.188. The maximum absolute atomic E-state index is 13.3. The number of rotatable bonds is 4. The Labute approximate surface area is 127 Å². The Kier molecular flexibility index (Phi) is 3.82. The summed E-state index contributed by atoms with van der Waals surface area (Å²) in [4.78, 5) is 0. The van der Waals surface area contributed by atoms with Gasteiger partial charge < -0.3 is 9.84 Å². The standard InChI is InChI=1S/C16H15FN4O/c1-10-6-15(12-4-3-5-13(17)8-12)19-20-16(10)18-9-14-7-11(2)22-21-14/h3-8H,9H2,1-2H3,(H,18,20). The van der Waals surface area contributed by atoms with E-state index in [4.69, 9.17) is 4.52 Å². The minimum absolute atomic E-state index is 0.291. The zero-order chi connectivity index (χ0) is 15.5. The van der Waals surface area contributed by atoms with Gasteiger partial charge in [-0.25, -0.2) is 4.39 Å². The minimum Gasteiger partial charge on any atom is -0.363 e. The highest BCUT2D eigenvalue weighted by Crippen LogP contribution is 2.21. The molecule has 0 amide bonds. The van der Waals surface area contributed by atoms with E-state index in [9.17, 15) is 4.39 Å². The smallest absolute Gasteiger partial charge is 0.151 e. The number of halogens is 1. The molecular formula is C16H15FN4O. The molecular weight excluding hydrogens is 283 g/mol. The Morgan fingerprint density at radius 2 is 2.00 bits per heavy atom. The molecule has 2 aromatic heterocycles. The van der Waals surface area contributed by atoms with Gasteiger partial charge in [-0.1, -0.05) is 17.3 Å². The van der Waals surface area contributed by atoms with Crippen molar-refractivity contribution >= 4 is 5.82 Å². The van der Waals surface area contributed by atoms with Gasteiger partial charge in [0.15, 0.2) is 5.82 Å². The van der Waals surface area contributed by atoms with Crippen LogP contribution in [0.2, 0.25) is 0 Å². The normalized spacial score (nSPS) is 10.7. The van der Waals surface area contributed by atoms with E-state index in [1.165, 1.54) is 12.1 Å². The van der Waals surface area contributed by atoms with Crippen molar-refractivity contribution in [1.29, 1.82) is 0 Å². The summed E-state index contributed by atoms with van der Waals surface area (Å²) in [5, 5.41) is 15.4. The summed E-state index contributed by atoms with van der Waals surface area (Å²) in [5.41, 5.74) is 3.07. The molecule has 0 fully saturated rings. The van der Waals surface area contributed by atoms with Crippen LogP contribution >= 0.6 is 0 Å². The molecule has 0 saturated heterocycles. The molecule has 1 N–H and O–H groups in total. The summed E-state index contributed by atoms with van der Waals surface area (Å²) < 4.78 is 18.3. The van der Waals surface area contributed by atoms with Crippen LogP contribution in [0, 0.1) is 19.7 Å². The maximum atomic E-state index is 13.3. The van der Waals surface area contributed by atoms with Gasteiger partial charge in [0.25, 0.3) is 0 Å². The summed E-state index contributed by atoms with van der Waals surface area (Å²) in [5.74, 6) is 1.14. The summed E-state index contributed by atoms with van der Waals surface area (Å²) in [6, 6.07) is 10.0. The molecule has 6 heteroatoms. The molecule has 112 valence electrons. The van der Waals surface area contributed by atoms with E-state index in [0.29, 0.717) is 23.6 Å². The molecule has 0 atom stereocenters. The molecule has 1 aromatic carbocycles. The van der Waals surface area contributed by atoms with Crippen LogP contribution in [-0.2, 0) is 6.54 Å². The fourth-order valence-corrected chi connectivity index (χ4v) is 2.12. The Morgan fingerprint density at radius 1 is 1.14 bits per heavy atom. The van der Waals surface area contributed by atoms with E-state index in [1.54, 1.807) is 12.1 Å². The first-order valence-corrected chi connectivity index (χ1v) is 6.88. The molecule has 3 aromatic rings. The lowest BCUT2D eigenvalue weighted by Crippen LogP contribution is -2.05. The Morgan fingerprint density at radius 3 is 2.68 bits per heavy atom. The lowest BCUT2D eigenvalue weighted by Gasteiger charge is -2.08. The molecule has 5 nitrogen and oxygen atoms in total. The van der Waals surface area contributed by atoms with Crippen molar-refractivity contribution in [3.05, 3.63) is 59.2 Å². The molecule has 2 heterocycles. The number of hydrogen-bond acceptors (Lipinski definition) is 5. The van der Waals surface area contributed by atoms with Crippen molar-refractivity contribution in [3.8, 4) is 11.3 Å². The van der Waals surface area contributed by atoms with Gasteiger partial charge in [-0.15, -0.1) is 10.2 Å². The number of aryl methyl sites for hydroxylation is 2. The predicted octanol–water partition coefficient (Wildman–Crippen LogP) is 3.50. The molecule has 0 radical (unpaired) electrons. The first-order chi connectivity index (χ1) is 10.6. The maximum Gasteiger partial charge on any atom is 0.151 e. The van der Waals surface area contributed by atoms with E-state index in [1.807, 2.05) is 26.0 Å². The van der Waals surface area contributed by atoms with Crippen molar-refractivity contribution in [2.45, 2.75) is 20.4 Å². The molecule has 0 aliphatic rings. The summed E-state index contributed by atoms with van der Waals surface area (Å²) in [7, 11) is 0. The topological polar surface area (TPSA) is 63.8 Å². The molecule has 0 saturated carbocycles. The first-order valence-electron chi connectivity index (χ1n) is 6.88. The van der Waals surface area contributed by atoms with Crippen LogP contribution < -0.4 is 5.32 Å². The molecule has 22 heavy (non-hydrogen) atoms. The van der Waals surface area contributed by atoms with Crippen LogP contribution in [0.15, 0.2) is 40.9 Å². The Balaban J connectivity index is 1.77. The third-order valence-electron chi connectivity index (χ3n) is 3.22. The van der Waals surface area contributed by atoms with Crippen LogP contribution in [0.3, 0.4) is 0 Å². The second kappa shape index (κ2) is 5.93. The van der Waals surface area contributed by atoms with Crippen molar-refractivity contribution in [3.63, 3.8) is 0 Å². The zero-order valence-electron chi connectivity index (χ0n) is 12.3. The third-order valence-corrected chi connectivity index (χ3v) is 3.22. The number of nitrogens with one attached hydrogen (secondary N) is 1. The van der Waals surface area contributed by atoms with Gasteiger partial charge in [-0.05, 0) is 37.6 Å². The molecule has 0 aliphatic heterocycles. The van der Waals surface area contributed by atoms with Gasteiger partial charge >= 0.3 is 0 Å². The average molecular weight is 298 g/mol. The number of hydrogen-bond donors (Lipinski definition) is 1. The van der Waals surface area contributed by atoms with Crippen molar-refractivity contribution < 1.29 is 8.91 Å². The summed E-state index contributed by atoms with van der Waals surface area (Å²) in [6.45, 7) is 4.27. The second-order valence-electron chi connectivity index (χ2n) is 5.05. The van der Waals surface area contributed by atoms with Crippen LogP contribution in [0.1, 0.15) is 17.0 Å². The van der Waals surface area contributed by atoms with E-state index in [2.05, 4.69) is 20.7 Å². The van der Waals surface area contributed by atoms with Gasteiger partial charge in [-0.3, -0.25) is 0 Å². The number of aromatic nitrogens is 3. The average Bonchev–Trinajstić information content (AvgIpc) is 2.91. The highest BCUT2D eigenvalue weighted by molar-refractivity contribution is 5.61. The predicted molar refractivity (Wildman–Crippen MR) is 80.7 cm³/mol. The minimum atomic E-state index is -0.291. The highest BCUT2D eigenvalue weighted by Gasteiger charge is 2.07. The van der Waals surface area contributed by atoms with E-state index in [0.717, 1.165) is 17.0 Å². The van der Waals surface area contributed by atoms with Gasteiger partial charge in [0.2, 0.25) is 0 Å². The number of benzene rings is 1. The molecule has 0 unspecified atom stereocenters. The monoisotopic (exact) mass is 298 g/mol. The Hall–Kier alpha value is -2.76. The van der Waals surface area contributed by atoms with E-state index in [-0.39, 0.29) is 5.82 Å². The Bertz CT molecular complexity index is 800. The zero-order valence-corrected chi connectivity index (χ0v) is 12.3. The largest absolute Gasteiger partial charge is 0.363 e. The van der Waals surface area contributed by atoms with Crippen LogP contribution in [-0.4, -0.2) is 15.4 Å². The van der Waals surface area contributed by atoms with E-state index >= 15 is 0 Å². The molecule has 0 aliphatic carbocycles. The molecule has 0 spiro atoms. The van der Waals surface area contributed by atoms with Crippen molar-refractivity contribution in [1.82, 2.24) is 15.4 Å². The fourth-order valence-electron chi connectivity index (χ4n) is 2.12. The lowest BCUT2D eigenvalue weighted by atomic mass is 10.1. The second-order valence-corrected chi connectivity index (χ2v) is 5.05. The summed E-state index contributed by atoms with van der Waals surface area (Å²) >= 11 is 0. The van der Waals surface area contributed by atoms with Gasteiger partial charge in [0, 0.05) is 11.6 Å².